The van der Waals surface area contributed by atoms with E-state index in [-0.39, 0.29) is 18.0 Å². The molecule has 0 unspecified atom stereocenters. The minimum atomic E-state index is -3.13. The Bertz CT molecular complexity index is 411. The molecular formula is C10H14NO5P. The monoisotopic (exact) mass is 259 g/mol. The fourth-order valence-electron chi connectivity index (χ4n) is 0.997. The SMILES string of the molecule is CC(=O)CC(=O)c1ccc(N)cc1.O=[PH](O)O. The summed E-state index contributed by atoms with van der Waals surface area (Å²) in [5, 5.41) is 0. The van der Waals surface area contributed by atoms with Gasteiger partial charge in [-0.1, -0.05) is 0 Å². The molecule has 0 aromatic heterocycles. The summed E-state index contributed by atoms with van der Waals surface area (Å²) in [6.07, 6.45) is -0.0378. The lowest BCUT2D eigenvalue weighted by atomic mass is 10.1. The molecule has 1 aromatic rings. The first-order valence-corrected chi connectivity index (χ1v) is 5.93. The van der Waals surface area contributed by atoms with Crippen LogP contribution in [-0.2, 0) is 9.36 Å². The van der Waals surface area contributed by atoms with Crippen LogP contribution in [0.3, 0.4) is 0 Å². The number of benzene rings is 1. The average molecular weight is 259 g/mol. The van der Waals surface area contributed by atoms with Crippen molar-refractivity contribution in [1.29, 1.82) is 0 Å². The van der Waals surface area contributed by atoms with Crippen LogP contribution >= 0.6 is 8.25 Å². The lowest BCUT2D eigenvalue weighted by molar-refractivity contribution is -0.116. The van der Waals surface area contributed by atoms with Gasteiger partial charge in [0.2, 0.25) is 0 Å². The van der Waals surface area contributed by atoms with E-state index in [1.54, 1.807) is 24.3 Å². The van der Waals surface area contributed by atoms with E-state index < -0.39 is 8.25 Å². The first-order chi connectivity index (χ1) is 7.82. The first kappa shape index (κ1) is 15.5. The van der Waals surface area contributed by atoms with Crippen molar-refractivity contribution in [3.05, 3.63) is 29.8 Å². The standard InChI is InChI=1S/C10H11NO2.H3O3P/c1-7(12)6-10(13)8-2-4-9(11)5-3-8;1-4(2)3/h2-5H,6,11H2,1H3;4H,(H2,1,2,3). The summed E-state index contributed by atoms with van der Waals surface area (Å²) in [5.74, 6) is -0.283. The summed E-state index contributed by atoms with van der Waals surface area (Å²) < 4.78 is 8.74. The summed E-state index contributed by atoms with van der Waals surface area (Å²) in [5.41, 5.74) is 6.59. The highest BCUT2D eigenvalue weighted by Crippen LogP contribution is 2.07. The molecule has 1 rings (SSSR count). The molecule has 94 valence electrons. The number of Topliss-reactive ketones (excluding diaryl/α,β-unsaturated/α-hetero) is 2. The fourth-order valence-corrected chi connectivity index (χ4v) is 0.997. The van der Waals surface area contributed by atoms with Gasteiger partial charge in [-0.25, -0.2) is 0 Å². The summed E-state index contributed by atoms with van der Waals surface area (Å²) in [6.45, 7) is 1.40. The maximum Gasteiger partial charge on any atom is 0.314 e. The van der Waals surface area contributed by atoms with E-state index in [4.69, 9.17) is 20.1 Å². The molecule has 0 saturated carbocycles. The van der Waals surface area contributed by atoms with Gasteiger partial charge in [-0.15, -0.1) is 0 Å². The smallest absolute Gasteiger partial charge is 0.314 e. The lowest BCUT2D eigenvalue weighted by Crippen LogP contribution is -2.04. The van der Waals surface area contributed by atoms with E-state index in [1.807, 2.05) is 0 Å². The second kappa shape index (κ2) is 7.73. The molecule has 0 aliphatic carbocycles. The zero-order chi connectivity index (χ0) is 13.4. The van der Waals surface area contributed by atoms with Gasteiger partial charge < -0.3 is 15.5 Å². The summed E-state index contributed by atoms with van der Waals surface area (Å²) in [4.78, 5) is 36.3. The van der Waals surface area contributed by atoms with Gasteiger partial charge in [0.05, 0.1) is 6.42 Å². The molecule has 7 heteroatoms. The van der Waals surface area contributed by atoms with Gasteiger partial charge in [-0.2, -0.15) is 0 Å². The molecule has 0 fully saturated rings. The second-order valence-electron chi connectivity index (χ2n) is 3.21. The molecule has 6 nitrogen and oxygen atoms in total. The Morgan fingerprint density at radius 1 is 1.24 bits per heavy atom. The Morgan fingerprint density at radius 3 is 2.00 bits per heavy atom. The summed E-state index contributed by atoms with van der Waals surface area (Å²) in [6, 6.07) is 6.54. The predicted octanol–water partition coefficient (Wildman–Crippen LogP) is 0.791. The Labute approximate surface area is 99.0 Å². The van der Waals surface area contributed by atoms with Crippen LogP contribution in [0, 0.1) is 0 Å². The van der Waals surface area contributed by atoms with E-state index >= 15 is 0 Å². The van der Waals surface area contributed by atoms with Gasteiger partial charge in [0.1, 0.15) is 5.78 Å². The lowest BCUT2D eigenvalue weighted by Gasteiger charge is -1.98. The summed E-state index contributed by atoms with van der Waals surface area (Å²) >= 11 is 0. The number of rotatable bonds is 3. The largest absolute Gasteiger partial charge is 0.399 e. The number of hydrogen-bond donors (Lipinski definition) is 3. The predicted molar refractivity (Wildman–Crippen MR) is 63.9 cm³/mol. The van der Waals surface area contributed by atoms with Crippen molar-refractivity contribution in [3.63, 3.8) is 0 Å². The number of anilines is 1. The Kier molecular flexibility index (Phi) is 7.05. The number of nitrogen functional groups attached to an aromatic ring is 1. The molecule has 1 aromatic carbocycles. The number of carbonyl (C=O) groups is 2. The number of hydrogen-bond acceptors (Lipinski definition) is 4. The minimum Gasteiger partial charge on any atom is -0.399 e. The summed E-state index contributed by atoms with van der Waals surface area (Å²) in [7, 11) is -3.13. The zero-order valence-corrected chi connectivity index (χ0v) is 10.2. The van der Waals surface area contributed by atoms with E-state index in [0.29, 0.717) is 11.3 Å². The van der Waals surface area contributed by atoms with Crippen LogP contribution in [0.25, 0.3) is 0 Å². The number of carbonyl (C=O) groups excluding carboxylic acids is 2. The molecule has 0 aliphatic rings. The van der Waals surface area contributed by atoms with Gasteiger partial charge in [0.15, 0.2) is 5.78 Å². The molecule has 0 radical (unpaired) electrons. The van der Waals surface area contributed by atoms with Crippen LogP contribution in [0.5, 0.6) is 0 Å². The van der Waals surface area contributed by atoms with Crippen molar-refractivity contribution >= 4 is 25.5 Å². The highest BCUT2D eigenvalue weighted by atomic mass is 31.1. The quantitative estimate of drug-likeness (QED) is 0.319. The van der Waals surface area contributed by atoms with Crippen molar-refractivity contribution in [2.24, 2.45) is 0 Å². The molecular weight excluding hydrogens is 245 g/mol. The van der Waals surface area contributed by atoms with E-state index in [9.17, 15) is 9.59 Å². The molecule has 4 N–H and O–H groups in total. The van der Waals surface area contributed by atoms with Gasteiger partial charge >= 0.3 is 8.25 Å². The molecule has 0 atom stereocenters. The van der Waals surface area contributed by atoms with Crippen molar-refractivity contribution in [2.45, 2.75) is 13.3 Å². The zero-order valence-electron chi connectivity index (χ0n) is 9.21. The molecule has 0 spiro atoms. The van der Waals surface area contributed by atoms with Gasteiger partial charge in [0, 0.05) is 11.3 Å². The first-order valence-electron chi connectivity index (χ1n) is 4.63. The number of nitrogens with two attached hydrogens (primary N) is 1. The average Bonchev–Trinajstić information content (AvgIpc) is 2.16. The third-order valence-electron chi connectivity index (χ3n) is 1.64. The normalized spacial score (nSPS) is 9.41. The third-order valence-corrected chi connectivity index (χ3v) is 1.64. The Hall–Kier alpha value is -1.49. The van der Waals surface area contributed by atoms with Crippen LogP contribution in [0.2, 0.25) is 0 Å². The van der Waals surface area contributed by atoms with E-state index in [1.165, 1.54) is 6.92 Å². The second-order valence-corrected chi connectivity index (χ2v) is 3.77. The van der Waals surface area contributed by atoms with Crippen molar-refractivity contribution in [3.8, 4) is 0 Å². The van der Waals surface area contributed by atoms with Crippen LogP contribution in [0.15, 0.2) is 24.3 Å². The van der Waals surface area contributed by atoms with E-state index in [0.717, 1.165) is 0 Å². The molecule has 0 heterocycles. The topological polar surface area (TPSA) is 118 Å². The Morgan fingerprint density at radius 2 is 1.65 bits per heavy atom. The highest BCUT2D eigenvalue weighted by molar-refractivity contribution is 7.30. The molecule has 0 aliphatic heterocycles. The molecule has 0 bridgehead atoms. The van der Waals surface area contributed by atoms with Gasteiger partial charge in [0.25, 0.3) is 0 Å². The highest BCUT2D eigenvalue weighted by Gasteiger charge is 2.07. The van der Waals surface area contributed by atoms with Crippen LogP contribution in [-0.4, -0.2) is 21.4 Å². The van der Waals surface area contributed by atoms with Crippen LogP contribution in [0.4, 0.5) is 5.69 Å². The fraction of sp³-hybridized carbons (Fsp3) is 0.200. The van der Waals surface area contributed by atoms with Gasteiger partial charge in [-0.3, -0.25) is 14.2 Å². The Balaban J connectivity index is 0.000000557. The van der Waals surface area contributed by atoms with E-state index in [2.05, 4.69) is 0 Å². The van der Waals surface area contributed by atoms with Crippen LogP contribution < -0.4 is 5.73 Å². The molecule has 17 heavy (non-hydrogen) atoms. The van der Waals surface area contributed by atoms with Crippen molar-refractivity contribution in [2.75, 3.05) is 5.73 Å². The maximum atomic E-state index is 11.3. The number of ketones is 2. The molecule has 0 amide bonds. The van der Waals surface area contributed by atoms with Crippen LogP contribution in [0.1, 0.15) is 23.7 Å². The van der Waals surface area contributed by atoms with Crippen molar-refractivity contribution in [1.82, 2.24) is 0 Å². The third kappa shape index (κ3) is 8.33. The van der Waals surface area contributed by atoms with Gasteiger partial charge in [-0.05, 0) is 31.2 Å². The maximum absolute atomic E-state index is 11.3. The van der Waals surface area contributed by atoms with Crippen molar-refractivity contribution < 1.29 is 23.9 Å². The minimum absolute atomic E-state index is 0.0378. The molecule has 0 saturated heterocycles.